The number of hydrogen-bond acceptors (Lipinski definition) is 4. The summed E-state index contributed by atoms with van der Waals surface area (Å²) in [6.45, 7) is 0.385. The van der Waals surface area contributed by atoms with E-state index in [2.05, 4.69) is 25.8 Å². The number of carbonyl (C=O) groups is 1. The van der Waals surface area contributed by atoms with Crippen LogP contribution < -0.4 is 10.6 Å². The van der Waals surface area contributed by atoms with E-state index in [0.29, 0.717) is 25.4 Å². The predicted octanol–water partition coefficient (Wildman–Crippen LogP) is 4.09. The fourth-order valence-corrected chi connectivity index (χ4v) is 3.88. The number of amides is 1. The van der Waals surface area contributed by atoms with Crippen molar-refractivity contribution in [1.29, 1.82) is 0 Å². The standard InChI is InChI=1S/C22H26FN5O/c23-16-8-6-15(7-9-16)14-25-20(29)11-10-18-21-19(28-27-18)12-13-24-22(21)26-17-4-2-1-3-5-17/h6-9,12-13,17H,1-5,10-11,14H2,(H,24,26)(H,25,29)(H,27,28). The molecule has 2 heterocycles. The topological polar surface area (TPSA) is 82.7 Å². The first kappa shape index (κ1) is 19.4. The van der Waals surface area contributed by atoms with Crippen LogP contribution in [0.4, 0.5) is 10.2 Å². The first-order valence-corrected chi connectivity index (χ1v) is 10.3. The fraction of sp³-hybridized carbons (Fsp3) is 0.409. The molecule has 3 N–H and O–H groups in total. The highest BCUT2D eigenvalue weighted by atomic mass is 19.1. The molecule has 152 valence electrons. The number of anilines is 1. The summed E-state index contributed by atoms with van der Waals surface area (Å²) in [5.74, 6) is 0.512. The summed E-state index contributed by atoms with van der Waals surface area (Å²) in [7, 11) is 0. The second-order valence-corrected chi connectivity index (χ2v) is 7.63. The van der Waals surface area contributed by atoms with Crippen LogP contribution in [0.25, 0.3) is 10.9 Å². The Labute approximate surface area is 169 Å². The number of aromatic nitrogens is 3. The highest BCUT2D eigenvalue weighted by molar-refractivity contribution is 5.92. The van der Waals surface area contributed by atoms with E-state index in [0.717, 1.165) is 40.8 Å². The molecule has 2 aromatic heterocycles. The van der Waals surface area contributed by atoms with E-state index in [1.807, 2.05) is 6.07 Å². The Morgan fingerprint density at radius 2 is 1.93 bits per heavy atom. The SMILES string of the molecule is O=C(CCc1n[nH]c2ccnc(NC3CCCCC3)c12)NCc1ccc(F)cc1. The summed E-state index contributed by atoms with van der Waals surface area (Å²) in [4.78, 5) is 16.8. The lowest BCUT2D eigenvalue weighted by Gasteiger charge is -2.23. The second kappa shape index (κ2) is 9.03. The number of aryl methyl sites for hydroxylation is 1. The monoisotopic (exact) mass is 395 g/mol. The Hall–Kier alpha value is -2.96. The van der Waals surface area contributed by atoms with Gasteiger partial charge in [-0.05, 0) is 36.6 Å². The molecule has 1 amide bonds. The van der Waals surface area contributed by atoms with E-state index in [9.17, 15) is 9.18 Å². The number of carbonyl (C=O) groups excluding carboxylic acids is 1. The predicted molar refractivity (Wildman–Crippen MR) is 111 cm³/mol. The minimum absolute atomic E-state index is 0.0591. The Balaban J connectivity index is 1.38. The average Bonchev–Trinajstić information content (AvgIpc) is 3.17. The van der Waals surface area contributed by atoms with E-state index < -0.39 is 0 Å². The molecule has 0 atom stereocenters. The van der Waals surface area contributed by atoms with Crippen LogP contribution in [-0.4, -0.2) is 27.1 Å². The summed E-state index contributed by atoms with van der Waals surface area (Å²) in [5, 5.41) is 14.9. The normalized spacial score (nSPS) is 14.8. The zero-order valence-corrected chi connectivity index (χ0v) is 16.4. The molecular formula is C22H26FN5O. The first-order chi connectivity index (χ1) is 14.2. The maximum absolute atomic E-state index is 13.0. The van der Waals surface area contributed by atoms with Crippen LogP contribution in [0, 0.1) is 5.82 Å². The number of nitrogens with zero attached hydrogens (tertiary/aromatic N) is 2. The van der Waals surface area contributed by atoms with Crippen molar-refractivity contribution < 1.29 is 9.18 Å². The minimum Gasteiger partial charge on any atom is -0.367 e. The molecule has 7 heteroatoms. The van der Waals surface area contributed by atoms with E-state index in [4.69, 9.17) is 0 Å². The summed E-state index contributed by atoms with van der Waals surface area (Å²) < 4.78 is 13.0. The van der Waals surface area contributed by atoms with Crippen molar-refractivity contribution in [3.05, 3.63) is 53.6 Å². The molecular weight excluding hydrogens is 369 g/mol. The van der Waals surface area contributed by atoms with Gasteiger partial charge in [-0.2, -0.15) is 5.10 Å². The Kier molecular flexibility index (Phi) is 6.03. The number of hydrogen-bond donors (Lipinski definition) is 3. The zero-order chi connectivity index (χ0) is 20.1. The molecule has 1 aromatic carbocycles. The number of rotatable bonds is 7. The van der Waals surface area contributed by atoms with Crippen LogP contribution in [0.15, 0.2) is 36.5 Å². The quantitative estimate of drug-likeness (QED) is 0.563. The highest BCUT2D eigenvalue weighted by Crippen LogP contribution is 2.27. The van der Waals surface area contributed by atoms with Gasteiger partial charge in [0.1, 0.15) is 11.6 Å². The molecule has 29 heavy (non-hydrogen) atoms. The lowest BCUT2D eigenvalue weighted by molar-refractivity contribution is -0.121. The number of aromatic amines is 1. The van der Waals surface area contributed by atoms with Gasteiger partial charge in [-0.1, -0.05) is 31.4 Å². The Morgan fingerprint density at radius 3 is 2.72 bits per heavy atom. The summed E-state index contributed by atoms with van der Waals surface area (Å²) in [6.07, 6.45) is 8.78. The Morgan fingerprint density at radius 1 is 1.14 bits per heavy atom. The molecule has 4 rings (SSSR count). The van der Waals surface area contributed by atoms with Gasteiger partial charge in [-0.15, -0.1) is 0 Å². The van der Waals surface area contributed by atoms with Gasteiger partial charge in [0.2, 0.25) is 5.91 Å². The number of H-pyrrole nitrogens is 1. The molecule has 1 aliphatic rings. The number of pyridine rings is 1. The van der Waals surface area contributed by atoms with Crippen molar-refractivity contribution >= 4 is 22.6 Å². The second-order valence-electron chi connectivity index (χ2n) is 7.63. The molecule has 3 aromatic rings. The first-order valence-electron chi connectivity index (χ1n) is 10.3. The molecule has 6 nitrogen and oxygen atoms in total. The van der Waals surface area contributed by atoms with Crippen LogP contribution in [0.5, 0.6) is 0 Å². The van der Waals surface area contributed by atoms with Crippen LogP contribution in [0.3, 0.4) is 0 Å². The number of fused-ring (bicyclic) bond motifs is 1. The minimum atomic E-state index is -0.281. The van der Waals surface area contributed by atoms with Gasteiger partial charge < -0.3 is 10.6 Å². The van der Waals surface area contributed by atoms with E-state index in [1.54, 1.807) is 18.3 Å². The average molecular weight is 395 g/mol. The molecule has 0 aliphatic heterocycles. The van der Waals surface area contributed by atoms with Crippen LogP contribution in [-0.2, 0) is 17.8 Å². The summed E-state index contributed by atoms with van der Waals surface area (Å²) in [5.41, 5.74) is 2.65. The number of benzene rings is 1. The van der Waals surface area contributed by atoms with Crippen LogP contribution in [0.2, 0.25) is 0 Å². The summed E-state index contributed by atoms with van der Waals surface area (Å²) in [6, 6.07) is 8.49. The maximum Gasteiger partial charge on any atom is 0.220 e. The molecule has 1 saturated carbocycles. The number of nitrogens with one attached hydrogen (secondary N) is 3. The van der Waals surface area contributed by atoms with E-state index >= 15 is 0 Å². The van der Waals surface area contributed by atoms with Crippen LogP contribution >= 0.6 is 0 Å². The van der Waals surface area contributed by atoms with E-state index in [1.165, 1.54) is 31.4 Å². The van der Waals surface area contributed by atoms with Crippen molar-refractivity contribution in [3.63, 3.8) is 0 Å². The summed E-state index contributed by atoms with van der Waals surface area (Å²) >= 11 is 0. The lowest BCUT2D eigenvalue weighted by Crippen LogP contribution is -2.23. The van der Waals surface area contributed by atoms with Gasteiger partial charge in [-0.25, -0.2) is 9.37 Å². The molecule has 0 saturated heterocycles. The highest BCUT2D eigenvalue weighted by Gasteiger charge is 2.18. The third kappa shape index (κ3) is 4.91. The molecule has 0 radical (unpaired) electrons. The molecule has 0 unspecified atom stereocenters. The third-order valence-electron chi connectivity index (χ3n) is 5.49. The van der Waals surface area contributed by atoms with Gasteiger partial charge in [0, 0.05) is 31.6 Å². The van der Waals surface area contributed by atoms with Gasteiger partial charge in [0.15, 0.2) is 0 Å². The maximum atomic E-state index is 13.0. The van der Waals surface area contributed by atoms with Crippen molar-refractivity contribution in [2.24, 2.45) is 0 Å². The van der Waals surface area contributed by atoms with Gasteiger partial charge in [-0.3, -0.25) is 9.89 Å². The van der Waals surface area contributed by atoms with Gasteiger partial charge >= 0.3 is 0 Å². The zero-order valence-electron chi connectivity index (χ0n) is 16.4. The molecule has 0 spiro atoms. The van der Waals surface area contributed by atoms with Gasteiger partial charge in [0.25, 0.3) is 0 Å². The smallest absolute Gasteiger partial charge is 0.220 e. The Bertz CT molecular complexity index is 963. The largest absolute Gasteiger partial charge is 0.367 e. The fourth-order valence-electron chi connectivity index (χ4n) is 3.88. The third-order valence-corrected chi connectivity index (χ3v) is 5.49. The van der Waals surface area contributed by atoms with Crippen molar-refractivity contribution in [3.8, 4) is 0 Å². The van der Waals surface area contributed by atoms with Crippen LogP contribution in [0.1, 0.15) is 49.8 Å². The van der Waals surface area contributed by atoms with Crippen molar-refractivity contribution in [1.82, 2.24) is 20.5 Å². The lowest BCUT2D eigenvalue weighted by atomic mass is 9.95. The van der Waals surface area contributed by atoms with Crippen molar-refractivity contribution in [2.75, 3.05) is 5.32 Å². The molecule has 0 bridgehead atoms. The molecule has 1 aliphatic carbocycles. The van der Waals surface area contributed by atoms with Crippen molar-refractivity contribution in [2.45, 2.75) is 57.5 Å². The van der Waals surface area contributed by atoms with Gasteiger partial charge in [0.05, 0.1) is 16.6 Å². The van der Waals surface area contributed by atoms with E-state index in [-0.39, 0.29) is 11.7 Å². The number of halogens is 1. The molecule has 1 fully saturated rings.